The normalized spacial score (nSPS) is 38.8. The third-order valence-corrected chi connectivity index (χ3v) is 4.16. The van der Waals surface area contributed by atoms with Crippen molar-refractivity contribution in [1.29, 1.82) is 0 Å². The Bertz CT molecular complexity index is 291. The average molecular weight is 239 g/mol. The fraction of sp³-hybridized carbons (Fsp3) is 0.917. The number of hydrogen-bond acceptors (Lipinski definition) is 4. The van der Waals surface area contributed by atoms with Gasteiger partial charge in [0, 0.05) is 32.2 Å². The van der Waals surface area contributed by atoms with E-state index < -0.39 is 0 Å². The smallest absolute Gasteiger partial charge is 0.224 e. The predicted octanol–water partition coefficient (Wildman–Crippen LogP) is -0.815. The lowest BCUT2D eigenvalue weighted by molar-refractivity contribution is -0.124. The highest BCUT2D eigenvalue weighted by Gasteiger charge is 2.41. The fourth-order valence-corrected chi connectivity index (χ4v) is 3.27. The van der Waals surface area contributed by atoms with E-state index in [4.69, 9.17) is 4.74 Å². The van der Waals surface area contributed by atoms with Gasteiger partial charge < -0.3 is 15.4 Å². The first-order chi connectivity index (χ1) is 8.34. The van der Waals surface area contributed by atoms with Crippen molar-refractivity contribution in [3.8, 4) is 0 Å². The molecule has 0 aromatic carbocycles. The molecule has 2 N–H and O–H groups in total. The van der Waals surface area contributed by atoms with Gasteiger partial charge in [-0.15, -0.1) is 0 Å². The van der Waals surface area contributed by atoms with Crippen molar-refractivity contribution in [3.63, 3.8) is 0 Å². The van der Waals surface area contributed by atoms with Gasteiger partial charge in [0.05, 0.1) is 18.6 Å². The Morgan fingerprint density at radius 3 is 3.18 bits per heavy atom. The van der Waals surface area contributed by atoms with Crippen LogP contribution in [0.25, 0.3) is 0 Å². The molecule has 3 rings (SSSR count). The fourth-order valence-electron chi connectivity index (χ4n) is 3.27. The number of morpholine rings is 1. The van der Waals surface area contributed by atoms with Crippen LogP contribution in [0.15, 0.2) is 0 Å². The molecule has 3 aliphatic heterocycles. The van der Waals surface area contributed by atoms with E-state index in [0.717, 1.165) is 52.2 Å². The second-order valence-electron chi connectivity index (χ2n) is 5.25. The van der Waals surface area contributed by atoms with E-state index in [1.54, 1.807) is 0 Å². The number of nitrogens with zero attached hydrogens (tertiary/aromatic N) is 1. The van der Waals surface area contributed by atoms with Gasteiger partial charge in [-0.25, -0.2) is 0 Å². The van der Waals surface area contributed by atoms with E-state index in [9.17, 15) is 4.79 Å². The van der Waals surface area contributed by atoms with Crippen molar-refractivity contribution >= 4 is 5.91 Å². The third kappa shape index (κ3) is 2.32. The van der Waals surface area contributed by atoms with Gasteiger partial charge in [-0.05, 0) is 19.4 Å². The van der Waals surface area contributed by atoms with Crippen molar-refractivity contribution < 1.29 is 9.53 Å². The summed E-state index contributed by atoms with van der Waals surface area (Å²) < 4.78 is 5.75. The van der Waals surface area contributed by atoms with E-state index in [-0.39, 0.29) is 11.8 Å². The number of piperidine rings is 1. The van der Waals surface area contributed by atoms with Crippen molar-refractivity contribution in [2.24, 2.45) is 5.92 Å². The first-order valence-corrected chi connectivity index (χ1v) is 6.68. The van der Waals surface area contributed by atoms with Gasteiger partial charge in [0.15, 0.2) is 0 Å². The molecule has 96 valence electrons. The molecule has 3 saturated heterocycles. The molecule has 17 heavy (non-hydrogen) atoms. The maximum atomic E-state index is 11.7. The average Bonchev–Trinajstić information content (AvgIpc) is 2.74. The zero-order valence-corrected chi connectivity index (χ0v) is 10.2. The van der Waals surface area contributed by atoms with Gasteiger partial charge in [0.2, 0.25) is 5.91 Å². The van der Waals surface area contributed by atoms with Crippen LogP contribution in [0, 0.1) is 5.92 Å². The molecule has 5 nitrogen and oxygen atoms in total. The Hall–Kier alpha value is -0.650. The van der Waals surface area contributed by atoms with Gasteiger partial charge in [0.25, 0.3) is 0 Å². The third-order valence-electron chi connectivity index (χ3n) is 4.16. The van der Waals surface area contributed by atoms with Crippen LogP contribution in [0.5, 0.6) is 0 Å². The summed E-state index contributed by atoms with van der Waals surface area (Å²) in [7, 11) is 0. The Balaban J connectivity index is 1.60. The summed E-state index contributed by atoms with van der Waals surface area (Å²) in [6, 6.07) is 0.404. The molecule has 3 unspecified atom stereocenters. The molecule has 5 heteroatoms. The number of rotatable bonds is 2. The molecular formula is C12H21N3O2. The van der Waals surface area contributed by atoms with Gasteiger partial charge >= 0.3 is 0 Å². The molecule has 3 aliphatic rings. The number of likely N-dealkylation sites (tertiary alicyclic amines) is 1. The molecule has 0 aliphatic carbocycles. The maximum Gasteiger partial charge on any atom is 0.224 e. The van der Waals surface area contributed by atoms with Crippen LogP contribution in [0.2, 0.25) is 0 Å². The van der Waals surface area contributed by atoms with Crippen molar-refractivity contribution in [1.82, 2.24) is 15.5 Å². The minimum Gasteiger partial charge on any atom is -0.374 e. The summed E-state index contributed by atoms with van der Waals surface area (Å²) >= 11 is 0. The molecule has 3 fully saturated rings. The van der Waals surface area contributed by atoms with Crippen LogP contribution in [-0.2, 0) is 9.53 Å². The monoisotopic (exact) mass is 239 g/mol. The van der Waals surface area contributed by atoms with E-state index in [1.807, 2.05) is 0 Å². The molecule has 1 amide bonds. The molecule has 3 heterocycles. The number of carbonyl (C=O) groups excluding carboxylic acids is 1. The Labute approximate surface area is 102 Å². The van der Waals surface area contributed by atoms with Gasteiger partial charge in [-0.1, -0.05) is 0 Å². The Morgan fingerprint density at radius 1 is 1.41 bits per heavy atom. The summed E-state index contributed by atoms with van der Waals surface area (Å²) in [6.07, 6.45) is 2.48. The zero-order chi connectivity index (χ0) is 11.7. The minimum absolute atomic E-state index is 0.222. The van der Waals surface area contributed by atoms with Crippen molar-refractivity contribution in [2.75, 3.05) is 39.3 Å². The molecule has 0 aromatic heterocycles. The number of hydrogen-bond donors (Lipinski definition) is 2. The van der Waals surface area contributed by atoms with Gasteiger partial charge in [-0.2, -0.15) is 0 Å². The first-order valence-electron chi connectivity index (χ1n) is 6.68. The van der Waals surface area contributed by atoms with E-state index >= 15 is 0 Å². The SMILES string of the molecule is O=C1NCC2C1CCCN2CC1CNCCO1. The van der Waals surface area contributed by atoms with Gasteiger partial charge in [-0.3, -0.25) is 9.69 Å². The van der Waals surface area contributed by atoms with Crippen LogP contribution in [0.1, 0.15) is 12.8 Å². The van der Waals surface area contributed by atoms with Crippen LogP contribution in [-0.4, -0.2) is 62.3 Å². The van der Waals surface area contributed by atoms with Gasteiger partial charge in [0.1, 0.15) is 0 Å². The molecular weight excluding hydrogens is 218 g/mol. The number of nitrogens with one attached hydrogen (secondary N) is 2. The second kappa shape index (κ2) is 4.92. The second-order valence-corrected chi connectivity index (χ2v) is 5.25. The number of ether oxygens (including phenoxy) is 1. The highest BCUT2D eigenvalue weighted by atomic mass is 16.5. The summed E-state index contributed by atoms with van der Waals surface area (Å²) in [5.74, 6) is 0.475. The van der Waals surface area contributed by atoms with Crippen LogP contribution in [0.3, 0.4) is 0 Å². The minimum atomic E-state index is 0.222. The molecule has 0 bridgehead atoms. The largest absolute Gasteiger partial charge is 0.374 e. The number of amides is 1. The molecule has 3 atom stereocenters. The molecule has 0 saturated carbocycles. The Morgan fingerprint density at radius 2 is 2.35 bits per heavy atom. The molecule has 0 radical (unpaired) electrons. The molecule has 0 spiro atoms. The number of carbonyl (C=O) groups is 1. The predicted molar refractivity (Wildman–Crippen MR) is 63.7 cm³/mol. The lowest BCUT2D eigenvalue weighted by Crippen LogP contribution is -2.52. The highest BCUT2D eigenvalue weighted by Crippen LogP contribution is 2.27. The zero-order valence-electron chi connectivity index (χ0n) is 10.2. The standard InChI is InChI=1S/C12H21N3O2/c16-12-10-2-1-4-15(11(10)7-14-12)8-9-6-13-3-5-17-9/h9-11,13H,1-8H2,(H,14,16). The lowest BCUT2D eigenvalue weighted by Gasteiger charge is -2.38. The topological polar surface area (TPSA) is 53.6 Å². The number of fused-ring (bicyclic) bond motifs is 1. The summed E-state index contributed by atoms with van der Waals surface area (Å²) in [5.41, 5.74) is 0. The molecule has 0 aromatic rings. The summed E-state index contributed by atoms with van der Waals surface area (Å²) in [4.78, 5) is 14.1. The van der Waals surface area contributed by atoms with Crippen molar-refractivity contribution in [3.05, 3.63) is 0 Å². The van der Waals surface area contributed by atoms with Crippen LogP contribution >= 0.6 is 0 Å². The Kier molecular flexibility index (Phi) is 3.31. The maximum absolute atomic E-state index is 11.7. The van der Waals surface area contributed by atoms with E-state index in [1.165, 1.54) is 0 Å². The van der Waals surface area contributed by atoms with E-state index in [2.05, 4.69) is 15.5 Å². The van der Waals surface area contributed by atoms with Crippen LogP contribution < -0.4 is 10.6 Å². The van der Waals surface area contributed by atoms with Crippen molar-refractivity contribution in [2.45, 2.75) is 25.0 Å². The quantitative estimate of drug-likeness (QED) is 0.661. The first kappa shape index (κ1) is 11.4. The van der Waals surface area contributed by atoms with Crippen LogP contribution in [0.4, 0.5) is 0 Å². The van der Waals surface area contributed by atoms with E-state index in [0.29, 0.717) is 12.1 Å². The summed E-state index contributed by atoms with van der Waals surface area (Å²) in [6.45, 7) is 5.60. The summed E-state index contributed by atoms with van der Waals surface area (Å²) in [5, 5.41) is 6.35. The lowest BCUT2D eigenvalue weighted by atomic mass is 9.91. The highest BCUT2D eigenvalue weighted by molar-refractivity contribution is 5.82.